The summed E-state index contributed by atoms with van der Waals surface area (Å²) < 4.78 is 26.4. The second kappa shape index (κ2) is 6.95. The predicted octanol–water partition coefficient (Wildman–Crippen LogP) is 0.579. The van der Waals surface area contributed by atoms with Crippen molar-refractivity contribution in [3.63, 3.8) is 0 Å². The zero-order valence-corrected chi connectivity index (χ0v) is 15.8. The van der Waals surface area contributed by atoms with Crippen molar-refractivity contribution in [2.24, 2.45) is 7.05 Å². The zero-order chi connectivity index (χ0) is 19.9. The molecule has 2 aromatic rings. The molecule has 2 heterocycles. The highest BCUT2D eigenvalue weighted by atomic mass is 32.2. The van der Waals surface area contributed by atoms with Gasteiger partial charge in [-0.25, -0.2) is 13.2 Å². The highest BCUT2D eigenvalue weighted by molar-refractivity contribution is 7.88. The Bertz CT molecular complexity index is 1010. The molecule has 1 fully saturated rings. The first-order valence-corrected chi connectivity index (χ1v) is 10.2. The zero-order valence-electron chi connectivity index (χ0n) is 15.0. The van der Waals surface area contributed by atoms with Crippen molar-refractivity contribution in [3.05, 3.63) is 35.5 Å². The van der Waals surface area contributed by atoms with Crippen LogP contribution in [0.25, 0.3) is 10.9 Å². The van der Waals surface area contributed by atoms with Crippen LogP contribution in [-0.4, -0.2) is 76.8 Å². The van der Waals surface area contributed by atoms with Gasteiger partial charge >= 0.3 is 11.9 Å². The van der Waals surface area contributed by atoms with E-state index in [4.69, 9.17) is 0 Å². The first-order valence-electron chi connectivity index (χ1n) is 8.34. The fraction of sp³-hybridized carbons (Fsp3) is 0.412. The van der Waals surface area contributed by atoms with Gasteiger partial charge in [0.05, 0.1) is 11.8 Å². The third-order valence-corrected chi connectivity index (χ3v) is 6.21. The Hall–Kier alpha value is -2.43. The number of hydrogen-bond acceptors (Lipinski definition) is 5. The number of benzene rings is 1. The van der Waals surface area contributed by atoms with Crippen LogP contribution in [0, 0.1) is 0 Å². The van der Waals surface area contributed by atoms with Gasteiger partial charge < -0.3 is 14.8 Å². The van der Waals surface area contributed by atoms with E-state index in [9.17, 15) is 28.2 Å². The van der Waals surface area contributed by atoms with Gasteiger partial charge in [-0.15, -0.1) is 0 Å². The van der Waals surface area contributed by atoms with Crippen LogP contribution in [0.4, 0.5) is 0 Å². The van der Waals surface area contributed by atoms with Crippen molar-refractivity contribution < 1.29 is 28.2 Å². The van der Waals surface area contributed by atoms with Gasteiger partial charge in [-0.3, -0.25) is 9.69 Å². The molecule has 27 heavy (non-hydrogen) atoms. The molecule has 146 valence electrons. The molecule has 1 aliphatic heterocycles. The van der Waals surface area contributed by atoms with Gasteiger partial charge in [0.15, 0.2) is 0 Å². The lowest BCUT2D eigenvalue weighted by atomic mass is 10.0. The third-order valence-electron chi connectivity index (χ3n) is 4.90. The van der Waals surface area contributed by atoms with Crippen LogP contribution in [0.1, 0.15) is 22.0 Å². The molecule has 1 aromatic carbocycles. The van der Waals surface area contributed by atoms with Gasteiger partial charge in [-0.1, -0.05) is 0 Å². The van der Waals surface area contributed by atoms with E-state index in [0.717, 1.165) is 11.8 Å². The number of aliphatic carboxylic acids is 1. The number of carboxylic acid groups (broad SMARTS) is 2. The monoisotopic (exact) mass is 395 g/mol. The number of carboxylic acids is 2. The van der Waals surface area contributed by atoms with E-state index in [1.165, 1.54) is 16.4 Å². The van der Waals surface area contributed by atoms with E-state index in [2.05, 4.69) is 0 Å². The minimum absolute atomic E-state index is 0.0842. The maximum Gasteiger partial charge on any atom is 0.335 e. The van der Waals surface area contributed by atoms with E-state index < -0.39 is 28.0 Å². The molecule has 0 radical (unpaired) electrons. The quantitative estimate of drug-likeness (QED) is 0.760. The Balaban J connectivity index is 2.00. The molecule has 0 bridgehead atoms. The van der Waals surface area contributed by atoms with Gasteiger partial charge in [-0.05, 0) is 18.2 Å². The highest BCUT2D eigenvalue weighted by Gasteiger charge is 2.34. The number of fused-ring (bicyclic) bond motifs is 1. The van der Waals surface area contributed by atoms with E-state index in [-0.39, 0.29) is 31.7 Å². The molecule has 3 rings (SSSR count). The molecule has 0 spiro atoms. The number of sulfonamides is 1. The van der Waals surface area contributed by atoms with Crippen LogP contribution in [-0.2, 0) is 21.9 Å². The van der Waals surface area contributed by atoms with Crippen LogP contribution in [0.15, 0.2) is 24.4 Å². The molecular formula is C17H21N3O6S. The average Bonchev–Trinajstić information content (AvgIpc) is 2.90. The average molecular weight is 395 g/mol. The van der Waals surface area contributed by atoms with Crippen molar-refractivity contribution in [1.29, 1.82) is 0 Å². The Labute approximate surface area is 156 Å². The Morgan fingerprint density at radius 1 is 1.11 bits per heavy atom. The predicted molar refractivity (Wildman–Crippen MR) is 98.2 cm³/mol. The number of rotatable bonds is 5. The van der Waals surface area contributed by atoms with Crippen LogP contribution in [0.5, 0.6) is 0 Å². The van der Waals surface area contributed by atoms with E-state index in [1.807, 2.05) is 0 Å². The SMILES string of the molecule is Cn1cc(C(C(=O)O)N2CCN(S(C)(=O)=O)CC2)c2cc(C(=O)O)ccc21. The molecule has 2 N–H and O–H groups in total. The molecule has 0 saturated carbocycles. The molecule has 1 atom stereocenters. The summed E-state index contributed by atoms with van der Waals surface area (Å²) in [6.07, 6.45) is 2.83. The standard InChI is InChI=1S/C17H21N3O6S/c1-18-10-13(12-9-11(16(21)22)3-4-14(12)18)15(17(23)24)19-5-7-20(8-6-19)27(2,25)26/h3-4,9-10,15H,5-8H2,1-2H3,(H,21,22)(H,23,24). The number of aromatic carboxylic acids is 1. The summed E-state index contributed by atoms with van der Waals surface area (Å²) in [5, 5.41) is 19.7. The lowest BCUT2D eigenvalue weighted by Crippen LogP contribution is -2.50. The van der Waals surface area contributed by atoms with Crippen molar-refractivity contribution in [3.8, 4) is 0 Å². The van der Waals surface area contributed by atoms with Crippen LogP contribution in [0.2, 0.25) is 0 Å². The molecule has 0 amide bonds. The van der Waals surface area contributed by atoms with Crippen LogP contribution in [0.3, 0.4) is 0 Å². The topological polar surface area (TPSA) is 120 Å². The van der Waals surface area contributed by atoms with Crippen LogP contribution >= 0.6 is 0 Å². The van der Waals surface area contributed by atoms with Gasteiger partial charge in [0.25, 0.3) is 0 Å². The summed E-state index contributed by atoms with van der Waals surface area (Å²) in [6, 6.07) is 3.63. The maximum absolute atomic E-state index is 12.1. The molecule has 9 nitrogen and oxygen atoms in total. The second-order valence-electron chi connectivity index (χ2n) is 6.67. The Morgan fingerprint density at radius 2 is 1.74 bits per heavy atom. The largest absolute Gasteiger partial charge is 0.480 e. The molecule has 1 aromatic heterocycles. The second-order valence-corrected chi connectivity index (χ2v) is 8.65. The summed E-state index contributed by atoms with van der Waals surface area (Å²) in [5.74, 6) is -2.14. The number of hydrogen-bond donors (Lipinski definition) is 2. The Kier molecular flexibility index (Phi) is 4.98. The number of piperazine rings is 1. The third kappa shape index (κ3) is 3.68. The molecule has 1 saturated heterocycles. The smallest absolute Gasteiger partial charge is 0.335 e. The fourth-order valence-electron chi connectivity index (χ4n) is 3.55. The summed E-state index contributed by atoms with van der Waals surface area (Å²) >= 11 is 0. The molecule has 10 heteroatoms. The van der Waals surface area contributed by atoms with Gasteiger partial charge in [0.1, 0.15) is 6.04 Å². The summed E-state index contributed by atoms with van der Waals surface area (Å²) in [6.45, 7) is 0.986. The highest BCUT2D eigenvalue weighted by Crippen LogP contribution is 2.31. The van der Waals surface area contributed by atoms with Crippen molar-refractivity contribution >= 4 is 32.9 Å². The number of aryl methyl sites for hydroxylation is 1. The molecule has 1 aliphatic rings. The fourth-order valence-corrected chi connectivity index (χ4v) is 4.38. The van der Waals surface area contributed by atoms with Crippen molar-refractivity contribution in [2.45, 2.75) is 6.04 Å². The first kappa shape index (κ1) is 19.3. The van der Waals surface area contributed by atoms with E-state index in [1.54, 1.807) is 28.8 Å². The van der Waals surface area contributed by atoms with Gasteiger partial charge in [-0.2, -0.15) is 4.31 Å². The Morgan fingerprint density at radius 3 is 2.26 bits per heavy atom. The molecular weight excluding hydrogens is 374 g/mol. The van der Waals surface area contributed by atoms with E-state index in [0.29, 0.717) is 10.9 Å². The van der Waals surface area contributed by atoms with Crippen molar-refractivity contribution in [2.75, 3.05) is 32.4 Å². The van der Waals surface area contributed by atoms with E-state index >= 15 is 0 Å². The van der Waals surface area contributed by atoms with Gasteiger partial charge in [0.2, 0.25) is 10.0 Å². The molecule has 0 aliphatic carbocycles. The number of carbonyl (C=O) groups is 2. The summed E-state index contributed by atoms with van der Waals surface area (Å²) in [7, 11) is -1.55. The minimum Gasteiger partial charge on any atom is -0.480 e. The normalized spacial score (nSPS) is 17.9. The molecule has 1 unspecified atom stereocenters. The first-order chi connectivity index (χ1) is 12.6. The van der Waals surface area contributed by atoms with Gasteiger partial charge in [0, 0.05) is 55.9 Å². The summed E-state index contributed by atoms with van der Waals surface area (Å²) in [5.41, 5.74) is 1.31. The number of aromatic nitrogens is 1. The maximum atomic E-state index is 12.1. The minimum atomic E-state index is -3.32. The van der Waals surface area contributed by atoms with Crippen LogP contribution < -0.4 is 0 Å². The lowest BCUT2D eigenvalue weighted by molar-refractivity contribution is -0.144. The summed E-state index contributed by atoms with van der Waals surface area (Å²) in [4.78, 5) is 25.1. The lowest BCUT2D eigenvalue weighted by Gasteiger charge is -2.36. The van der Waals surface area contributed by atoms with Crippen molar-refractivity contribution in [1.82, 2.24) is 13.8 Å². The number of nitrogens with zero attached hydrogens (tertiary/aromatic N) is 3.